The molecule has 7 heteroatoms. The van der Waals surface area contributed by atoms with E-state index < -0.39 is 16.2 Å². The van der Waals surface area contributed by atoms with Gasteiger partial charge in [-0.15, -0.1) is 0 Å². The van der Waals surface area contributed by atoms with Gasteiger partial charge in [0.2, 0.25) is 5.88 Å². The van der Waals surface area contributed by atoms with Gasteiger partial charge < -0.3 is 9.84 Å². The first-order valence-electron chi connectivity index (χ1n) is 6.56. The zero-order valence-corrected chi connectivity index (χ0v) is 13.1. The maximum Gasteiger partial charge on any atom is 0.297 e. The Hall–Kier alpha value is -1.96. The maximum atomic E-state index is 12.0. The number of pyridine rings is 1. The van der Waals surface area contributed by atoms with Gasteiger partial charge in [-0.25, -0.2) is 4.98 Å². The van der Waals surface area contributed by atoms with Crippen LogP contribution in [0.25, 0.3) is 0 Å². The number of aromatic nitrogens is 1. The van der Waals surface area contributed by atoms with Crippen LogP contribution < -0.4 is 4.74 Å². The van der Waals surface area contributed by atoms with Crippen molar-refractivity contribution in [3.05, 3.63) is 53.7 Å². The zero-order chi connectivity index (χ0) is 16.2. The highest BCUT2D eigenvalue weighted by Gasteiger charge is 2.18. The van der Waals surface area contributed by atoms with E-state index in [0.29, 0.717) is 11.4 Å². The summed E-state index contributed by atoms with van der Waals surface area (Å²) in [5.74, 6) is 0.407. The molecule has 0 unspecified atom stereocenters. The second-order valence-corrected chi connectivity index (χ2v) is 6.32. The predicted octanol–water partition coefficient (Wildman–Crippen LogP) is 1.84. The Kier molecular flexibility index (Phi) is 5.12. The molecule has 1 N–H and O–H groups in total. The van der Waals surface area contributed by atoms with Crippen LogP contribution in [0.4, 0.5) is 0 Å². The molecule has 2 aromatic rings. The lowest BCUT2D eigenvalue weighted by Crippen LogP contribution is -2.13. The Bertz CT molecular complexity index is 711. The van der Waals surface area contributed by atoms with E-state index in [9.17, 15) is 13.5 Å². The highest BCUT2D eigenvalue weighted by Crippen LogP contribution is 2.18. The summed E-state index contributed by atoms with van der Waals surface area (Å²) in [5.41, 5.74) is 1.39. The van der Waals surface area contributed by atoms with Gasteiger partial charge in [-0.3, -0.25) is 4.18 Å². The molecule has 0 aliphatic carbocycles. The van der Waals surface area contributed by atoms with Crippen molar-refractivity contribution in [2.75, 3.05) is 13.7 Å². The van der Waals surface area contributed by atoms with Crippen LogP contribution in [0, 0.1) is 6.92 Å². The molecule has 0 amide bonds. The van der Waals surface area contributed by atoms with Crippen molar-refractivity contribution in [2.24, 2.45) is 0 Å². The van der Waals surface area contributed by atoms with E-state index in [1.165, 1.54) is 25.4 Å². The Morgan fingerprint density at radius 1 is 1.18 bits per heavy atom. The summed E-state index contributed by atoms with van der Waals surface area (Å²) in [5, 5.41) is 9.97. The number of aryl methyl sites for hydroxylation is 1. The number of methoxy groups -OCH3 is 1. The van der Waals surface area contributed by atoms with Crippen LogP contribution in [0.5, 0.6) is 5.88 Å². The Morgan fingerprint density at radius 3 is 2.41 bits per heavy atom. The lowest BCUT2D eigenvalue weighted by molar-refractivity contribution is 0.111. The molecule has 0 saturated heterocycles. The molecule has 0 aliphatic heterocycles. The smallest absolute Gasteiger partial charge is 0.297 e. The van der Waals surface area contributed by atoms with Crippen molar-refractivity contribution in [1.29, 1.82) is 0 Å². The van der Waals surface area contributed by atoms with E-state index in [-0.39, 0.29) is 11.5 Å². The van der Waals surface area contributed by atoms with Gasteiger partial charge in [-0.05, 0) is 25.1 Å². The molecule has 1 heterocycles. The van der Waals surface area contributed by atoms with E-state index in [1.807, 2.05) is 6.92 Å². The molecule has 1 atom stereocenters. The molecule has 1 aromatic heterocycles. The molecule has 22 heavy (non-hydrogen) atoms. The molecule has 0 bridgehead atoms. The highest BCUT2D eigenvalue weighted by molar-refractivity contribution is 7.86. The van der Waals surface area contributed by atoms with Crippen LogP contribution in [0.3, 0.4) is 0 Å². The van der Waals surface area contributed by atoms with Crippen molar-refractivity contribution in [3.8, 4) is 5.88 Å². The third-order valence-electron chi connectivity index (χ3n) is 3.04. The molecule has 2 rings (SSSR count). The van der Waals surface area contributed by atoms with Gasteiger partial charge in [0, 0.05) is 17.8 Å². The van der Waals surface area contributed by atoms with Crippen LogP contribution in [0.2, 0.25) is 0 Å². The molecule has 1 aromatic carbocycles. The van der Waals surface area contributed by atoms with E-state index in [4.69, 9.17) is 8.92 Å². The minimum absolute atomic E-state index is 0.0538. The molecule has 118 valence electrons. The second kappa shape index (κ2) is 6.87. The standard InChI is InChI=1S/C15H17NO5S/c1-11-3-6-13(7-4-11)22(18,19)21-10-14(17)12-5-8-15(20-2)16-9-12/h3-9,14,17H,10H2,1-2H3/t14-/m1/s1. The SMILES string of the molecule is COc1ccc([C@H](O)COS(=O)(=O)c2ccc(C)cc2)cn1. The van der Waals surface area contributed by atoms with Crippen LogP contribution in [0.15, 0.2) is 47.5 Å². The number of rotatable bonds is 6. The normalized spacial score (nSPS) is 12.9. The lowest BCUT2D eigenvalue weighted by Gasteiger charge is -2.12. The average molecular weight is 323 g/mol. The fourth-order valence-corrected chi connectivity index (χ4v) is 2.65. The number of hydrogen-bond acceptors (Lipinski definition) is 6. The summed E-state index contributed by atoms with van der Waals surface area (Å²) in [6, 6.07) is 9.46. The summed E-state index contributed by atoms with van der Waals surface area (Å²) >= 11 is 0. The minimum Gasteiger partial charge on any atom is -0.481 e. The van der Waals surface area contributed by atoms with E-state index in [2.05, 4.69) is 4.98 Å². The largest absolute Gasteiger partial charge is 0.481 e. The molecule has 0 spiro atoms. The Balaban J connectivity index is 2.02. The van der Waals surface area contributed by atoms with Crippen molar-refractivity contribution < 1.29 is 22.4 Å². The third-order valence-corrected chi connectivity index (χ3v) is 4.34. The maximum absolute atomic E-state index is 12.0. The van der Waals surface area contributed by atoms with Crippen molar-refractivity contribution in [3.63, 3.8) is 0 Å². The molecule has 6 nitrogen and oxygen atoms in total. The summed E-state index contributed by atoms with van der Waals surface area (Å²) in [6.45, 7) is 1.47. The monoisotopic (exact) mass is 323 g/mol. The van der Waals surface area contributed by atoms with Gasteiger partial charge >= 0.3 is 0 Å². The Labute approximate surface area is 129 Å². The van der Waals surface area contributed by atoms with Crippen molar-refractivity contribution in [2.45, 2.75) is 17.9 Å². The summed E-state index contributed by atoms with van der Waals surface area (Å²) in [7, 11) is -2.42. The van der Waals surface area contributed by atoms with E-state index in [0.717, 1.165) is 5.56 Å². The van der Waals surface area contributed by atoms with Gasteiger partial charge in [0.15, 0.2) is 0 Å². The predicted molar refractivity (Wildman–Crippen MR) is 80.1 cm³/mol. The number of nitrogens with zero attached hydrogens (tertiary/aromatic N) is 1. The fourth-order valence-electron chi connectivity index (χ4n) is 1.73. The number of aliphatic hydroxyl groups is 1. The molecule has 0 aliphatic rings. The average Bonchev–Trinajstić information content (AvgIpc) is 2.53. The van der Waals surface area contributed by atoms with Crippen LogP contribution >= 0.6 is 0 Å². The highest BCUT2D eigenvalue weighted by atomic mass is 32.2. The minimum atomic E-state index is -3.90. The van der Waals surface area contributed by atoms with Gasteiger partial charge in [0.05, 0.1) is 18.6 Å². The van der Waals surface area contributed by atoms with Gasteiger partial charge in [0.25, 0.3) is 10.1 Å². The molecule has 0 fully saturated rings. The number of aliphatic hydroxyl groups excluding tert-OH is 1. The van der Waals surface area contributed by atoms with E-state index in [1.54, 1.807) is 24.3 Å². The van der Waals surface area contributed by atoms with E-state index >= 15 is 0 Å². The first kappa shape index (κ1) is 16.4. The van der Waals surface area contributed by atoms with Crippen molar-refractivity contribution in [1.82, 2.24) is 4.98 Å². The first-order chi connectivity index (χ1) is 10.4. The first-order valence-corrected chi connectivity index (χ1v) is 7.97. The van der Waals surface area contributed by atoms with Crippen LogP contribution in [0.1, 0.15) is 17.2 Å². The Morgan fingerprint density at radius 2 is 1.86 bits per heavy atom. The lowest BCUT2D eigenvalue weighted by atomic mass is 10.2. The number of ether oxygens (including phenoxy) is 1. The second-order valence-electron chi connectivity index (χ2n) is 4.70. The third kappa shape index (κ3) is 4.03. The molecule has 0 radical (unpaired) electrons. The molecule has 0 saturated carbocycles. The summed E-state index contributed by atoms with van der Waals surface area (Å²) < 4.78 is 33.8. The van der Waals surface area contributed by atoms with Gasteiger partial charge in [-0.1, -0.05) is 17.7 Å². The topological polar surface area (TPSA) is 85.7 Å². The van der Waals surface area contributed by atoms with Gasteiger partial charge in [0.1, 0.15) is 6.10 Å². The van der Waals surface area contributed by atoms with Crippen molar-refractivity contribution >= 4 is 10.1 Å². The van der Waals surface area contributed by atoms with Gasteiger partial charge in [-0.2, -0.15) is 8.42 Å². The fraction of sp³-hybridized carbons (Fsp3) is 0.267. The quantitative estimate of drug-likeness (QED) is 0.816. The van der Waals surface area contributed by atoms with Crippen LogP contribution in [-0.4, -0.2) is 32.2 Å². The summed E-state index contributed by atoms with van der Waals surface area (Å²) in [4.78, 5) is 4.00. The molecular weight excluding hydrogens is 306 g/mol. The summed E-state index contributed by atoms with van der Waals surface area (Å²) in [6.07, 6.45) is 0.310. The zero-order valence-electron chi connectivity index (χ0n) is 12.3. The molecular formula is C15H17NO5S. The number of hydrogen-bond donors (Lipinski definition) is 1. The van der Waals surface area contributed by atoms with Crippen LogP contribution in [-0.2, 0) is 14.3 Å². The number of benzene rings is 1.